The third kappa shape index (κ3) is 4.74. The Labute approximate surface area is 133 Å². The molecule has 0 aliphatic carbocycles. The van der Waals surface area contributed by atoms with Gasteiger partial charge in [-0.3, -0.25) is 4.79 Å². The minimum Gasteiger partial charge on any atom is -0.462 e. The predicted molar refractivity (Wildman–Crippen MR) is 88.3 cm³/mol. The third-order valence-electron chi connectivity index (χ3n) is 3.42. The summed E-state index contributed by atoms with van der Waals surface area (Å²) in [5.41, 5.74) is 0.465. The number of amides is 1. The third-order valence-corrected chi connectivity index (χ3v) is 5.43. The summed E-state index contributed by atoms with van der Waals surface area (Å²) in [5, 5.41) is 3.50. The second-order valence-corrected chi connectivity index (χ2v) is 7.61. The van der Waals surface area contributed by atoms with E-state index in [4.69, 9.17) is 4.74 Å². The molecular weight excluding hydrogens is 306 g/mol. The lowest BCUT2D eigenvalue weighted by Crippen LogP contribution is -2.20. The molecular formula is C15H21NO3S2. The molecule has 0 unspecified atom stereocenters. The Balaban J connectivity index is 1.98. The molecule has 6 heteroatoms. The van der Waals surface area contributed by atoms with Gasteiger partial charge in [0.2, 0.25) is 5.91 Å². The number of thioether (sulfide) groups is 1. The number of ether oxygens (including phenoxy) is 1. The summed E-state index contributed by atoms with van der Waals surface area (Å²) in [4.78, 5) is 25.0. The minimum atomic E-state index is -0.369. The monoisotopic (exact) mass is 327 g/mol. The van der Waals surface area contributed by atoms with Crippen LogP contribution in [0.1, 0.15) is 41.4 Å². The van der Waals surface area contributed by atoms with Gasteiger partial charge < -0.3 is 10.1 Å². The van der Waals surface area contributed by atoms with Gasteiger partial charge in [-0.1, -0.05) is 0 Å². The van der Waals surface area contributed by atoms with Gasteiger partial charge in [0, 0.05) is 11.3 Å². The van der Waals surface area contributed by atoms with Gasteiger partial charge in [-0.05, 0) is 50.2 Å². The highest BCUT2D eigenvalue weighted by atomic mass is 32.2. The van der Waals surface area contributed by atoms with Gasteiger partial charge in [0.15, 0.2) is 0 Å². The van der Waals surface area contributed by atoms with Crippen LogP contribution in [-0.2, 0) is 9.53 Å². The predicted octanol–water partition coefficient (Wildman–Crippen LogP) is 3.71. The van der Waals surface area contributed by atoms with Crippen LogP contribution < -0.4 is 5.32 Å². The summed E-state index contributed by atoms with van der Waals surface area (Å²) in [6, 6.07) is 1.77. The van der Waals surface area contributed by atoms with E-state index in [1.807, 2.05) is 18.7 Å². The van der Waals surface area contributed by atoms with E-state index in [-0.39, 0.29) is 11.9 Å². The molecule has 1 aromatic rings. The van der Waals surface area contributed by atoms with E-state index in [0.717, 1.165) is 29.2 Å². The molecule has 0 saturated carbocycles. The van der Waals surface area contributed by atoms with E-state index in [0.29, 0.717) is 29.5 Å². The van der Waals surface area contributed by atoms with Crippen molar-refractivity contribution in [2.45, 2.75) is 33.1 Å². The van der Waals surface area contributed by atoms with Crippen molar-refractivity contribution in [1.29, 1.82) is 0 Å². The van der Waals surface area contributed by atoms with Gasteiger partial charge >= 0.3 is 5.97 Å². The summed E-state index contributed by atoms with van der Waals surface area (Å²) in [6.45, 7) is 4.03. The summed E-state index contributed by atoms with van der Waals surface area (Å²) >= 11 is 3.38. The molecule has 1 aliphatic rings. The van der Waals surface area contributed by atoms with Gasteiger partial charge in [0.1, 0.15) is 5.00 Å². The molecule has 1 N–H and O–H groups in total. The molecule has 2 heterocycles. The van der Waals surface area contributed by atoms with Gasteiger partial charge in [-0.2, -0.15) is 11.8 Å². The SMILES string of the molecule is CCOC(=O)c1cc(C)sc1NC(=O)CC1CCSCC1. The Kier molecular flexibility index (Phi) is 6.11. The van der Waals surface area contributed by atoms with Crippen LogP contribution in [0.2, 0.25) is 0 Å². The highest BCUT2D eigenvalue weighted by Gasteiger charge is 2.21. The van der Waals surface area contributed by atoms with Gasteiger partial charge in [-0.15, -0.1) is 11.3 Å². The number of anilines is 1. The van der Waals surface area contributed by atoms with Crippen molar-refractivity contribution in [1.82, 2.24) is 0 Å². The van der Waals surface area contributed by atoms with Crippen molar-refractivity contribution in [2.75, 3.05) is 23.4 Å². The van der Waals surface area contributed by atoms with Crippen molar-refractivity contribution in [3.8, 4) is 0 Å². The number of thiophene rings is 1. The van der Waals surface area contributed by atoms with E-state index in [2.05, 4.69) is 5.32 Å². The second kappa shape index (κ2) is 7.84. The van der Waals surface area contributed by atoms with E-state index in [1.165, 1.54) is 11.3 Å². The Bertz CT molecular complexity index is 507. The molecule has 0 radical (unpaired) electrons. The zero-order valence-corrected chi connectivity index (χ0v) is 14.1. The maximum absolute atomic E-state index is 12.2. The van der Waals surface area contributed by atoms with E-state index >= 15 is 0 Å². The first-order valence-corrected chi connectivity index (χ1v) is 9.22. The van der Waals surface area contributed by atoms with E-state index < -0.39 is 0 Å². The molecule has 0 spiro atoms. The summed E-state index contributed by atoms with van der Waals surface area (Å²) in [6.07, 6.45) is 2.75. The smallest absolute Gasteiger partial charge is 0.341 e. The van der Waals surface area contributed by atoms with Crippen LogP contribution in [0.3, 0.4) is 0 Å². The van der Waals surface area contributed by atoms with Crippen LogP contribution >= 0.6 is 23.1 Å². The van der Waals surface area contributed by atoms with Crippen molar-refractivity contribution in [2.24, 2.45) is 5.92 Å². The first-order valence-electron chi connectivity index (χ1n) is 7.25. The first-order chi connectivity index (χ1) is 10.1. The number of carbonyl (C=O) groups is 2. The van der Waals surface area contributed by atoms with Gasteiger partial charge in [0.25, 0.3) is 0 Å². The fraction of sp³-hybridized carbons (Fsp3) is 0.600. The maximum Gasteiger partial charge on any atom is 0.341 e. The lowest BCUT2D eigenvalue weighted by Gasteiger charge is -2.20. The van der Waals surface area contributed by atoms with Crippen molar-refractivity contribution in [3.63, 3.8) is 0 Å². The molecule has 1 fully saturated rings. The molecule has 116 valence electrons. The maximum atomic E-state index is 12.2. The Morgan fingerprint density at radius 1 is 1.38 bits per heavy atom. The largest absolute Gasteiger partial charge is 0.462 e. The number of hydrogen-bond acceptors (Lipinski definition) is 5. The molecule has 2 rings (SSSR count). The van der Waals surface area contributed by atoms with Crippen LogP contribution in [0.5, 0.6) is 0 Å². The number of hydrogen-bond donors (Lipinski definition) is 1. The average Bonchev–Trinajstić information content (AvgIpc) is 2.81. The Morgan fingerprint density at radius 2 is 2.10 bits per heavy atom. The van der Waals surface area contributed by atoms with Crippen LogP contribution in [0.25, 0.3) is 0 Å². The topological polar surface area (TPSA) is 55.4 Å². The zero-order chi connectivity index (χ0) is 15.2. The Morgan fingerprint density at radius 3 is 2.76 bits per heavy atom. The van der Waals surface area contributed by atoms with Crippen LogP contribution in [0.15, 0.2) is 6.07 Å². The van der Waals surface area contributed by atoms with Crippen molar-refractivity contribution in [3.05, 3.63) is 16.5 Å². The standard InChI is InChI=1S/C15H21NO3S2/c1-3-19-15(18)12-8-10(2)21-14(12)16-13(17)9-11-4-6-20-7-5-11/h8,11H,3-7,9H2,1-2H3,(H,16,17). The van der Waals surface area contributed by atoms with E-state index in [9.17, 15) is 9.59 Å². The number of rotatable bonds is 5. The van der Waals surface area contributed by atoms with Gasteiger partial charge in [0.05, 0.1) is 12.2 Å². The highest BCUT2D eigenvalue weighted by molar-refractivity contribution is 7.99. The molecule has 1 saturated heterocycles. The lowest BCUT2D eigenvalue weighted by molar-refractivity contribution is -0.117. The Hall–Kier alpha value is -1.01. The lowest BCUT2D eigenvalue weighted by atomic mass is 9.98. The summed E-state index contributed by atoms with van der Waals surface area (Å²) in [5.74, 6) is 2.39. The van der Waals surface area contributed by atoms with Crippen molar-refractivity contribution < 1.29 is 14.3 Å². The molecule has 1 aliphatic heterocycles. The molecule has 4 nitrogen and oxygen atoms in total. The molecule has 1 amide bonds. The van der Waals surface area contributed by atoms with Crippen LogP contribution in [-0.4, -0.2) is 30.0 Å². The fourth-order valence-corrected chi connectivity index (χ4v) is 4.48. The average molecular weight is 327 g/mol. The minimum absolute atomic E-state index is 0.000650. The summed E-state index contributed by atoms with van der Waals surface area (Å²) in [7, 11) is 0. The fourth-order valence-electron chi connectivity index (χ4n) is 2.36. The number of carbonyl (C=O) groups excluding carboxylic acids is 2. The normalized spacial score (nSPS) is 15.7. The molecule has 1 aromatic heterocycles. The molecule has 0 aromatic carbocycles. The number of esters is 1. The highest BCUT2D eigenvalue weighted by Crippen LogP contribution is 2.30. The van der Waals surface area contributed by atoms with E-state index in [1.54, 1.807) is 13.0 Å². The van der Waals surface area contributed by atoms with Crippen LogP contribution in [0.4, 0.5) is 5.00 Å². The molecule has 0 atom stereocenters. The molecule has 0 bridgehead atoms. The zero-order valence-electron chi connectivity index (χ0n) is 12.4. The van der Waals surface area contributed by atoms with Gasteiger partial charge in [-0.25, -0.2) is 4.79 Å². The van der Waals surface area contributed by atoms with Crippen LogP contribution in [0, 0.1) is 12.8 Å². The summed E-state index contributed by atoms with van der Waals surface area (Å²) < 4.78 is 5.03. The second-order valence-electron chi connectivity index (χ2n) is 5.13. The quantitative estimate of drug-likeness (QED) is 0.838. The first kappa shape index (κ1) is 16.4. The number of aryl methyl sites for hydroxylation is 1. The number of nitrogens with one attached hydrogen (secondary N) is 1. The van der Waals surface area contributed by atoms with Crippen molar-refractivity contribution >= 4 is 40.0 Å². The molecule has 21 heavy (non-hydrogen) atoms.